The van der Waals surface area contributed by atoms with Gasteiger partial charge < -0.3 is 0 Å². The largest absolute Gasteiger partial charge is 0.295 e. The zero-order chi connectivity index (χ0) is 16.2. The quantitative estimate of drug-likeness (QED) is 0.519. The van der Waals surface area contributed by atoms with Crippen molar-refractivity contribution < 1.29 is 4.79 Å². The smallest absolute Gasteiger partial charge is 0.152 e. The molecule has 1 rings (SSSR count). The van der Waals surface area contributed by atoms with E-state index < -0.39 is 0 Å². The van der Waals surface area contributed by atoms with Crippen molar-refractivity contribution in [3.8, 4) is 0 Å². The van der Waals surface area contributed by atoms with E-state index in [1.54, 1.807) is 13.0 Å². The molecule has 1 nitrogen and oxygen atoms in total. The molecule has 114 valence electrons. The highest BCUT2D eigenvalue weighted by molar-refractivity contribution is 5.88. The van der Waals surface area contributed by atoms with E-state index in [0.29, 0.717) is 11.8 Å². The number of hydrogen-bond donors (Lipinski definition) is 0. The van der Waals surface area contributed by atoms with E-state index in [-0.39, 0.29) is 5.78 Å². The summed E-state index contributed by atoms with van der Waals surface area (Å²) in [4.78, 5) is 11.1. The Morgan fingerprint density at radius 3 is 2.29 bits per heavy atom. The van der Waals surface area contributed by atoms with E-state index in [0.717, 1.165) is 5.57 Å². The number of carbonyl (C=O) groups excluding carboxylic acids is 1. The highest BCUT2D eigenvalue weighted by atomic mass is 16.1. The maximum atomic E-state index is 11.1. The fourth-order valence-electron chi connectivity index (χ4n) is 2.67. The van der Waals surface area contributed by atoms with Gasteiger partial charge in [0, 0.05) is 0 Å². The second-order valence-corrected chi connectivity index (χ2v) is 6.30. The van der Waals surface area contributed by atoms with Crippen LogP contribution in [-0.2, 0) is 4.79 Å². The summed E-state index contributed by atoms with van der Waals surface area (Å²) in [5, 5.41) is 0. The molecule has 0 aliphatic carbocycles. The summed E-state index contributed by atoms with van der Waals surface area (Å²) in [7, 11) is 0. The summed E-state index contributed by atoms with van der Waals surface area (Å²) in [6, 6.07) is 4.54. The molecule has 0 spiro atoms. The van der Waals surface area contributed by atoms with Gasteiger partial charge >= 0.3 is 0 Å². The Labute approximate surface area is 129 Å². The third-order valence-electron chi connectivity index (χ3n) is 4.22. The molecule has 2 atom stereocenters. The van der Waals surface area contributed by atoms with Crippen molar-refractivity contribution in [2.24, 2.45) is 5.92 Å². The molecule has 2 unspecified atom stereocenters. The molecule has 1 aromatic carbocycles. The van der Waals surface area contributed by atoms with Crippen molar-refractivity contribution >= 4 is 5.78 Å². The number of hydrogen-bond acceptors (Lipinski definition) is 1. The molecule has 21 heavy (non-hydrogen) atoms. The van der Waals surface area contributed by atoms with Gasteiger partial charge in [0.05, 0.1) is 0 Å². The maximum Gasteiger partial charge on any atom is 0.152 e. The maximum absolute atomic E-state index is 11.1. The van der Waals surface area contributed by atoms with Crippen LogP contribution in [0.2, 0.25) is 0 Å². The number of ketones is 1. The first-order valence-electron chi connectivity index (χ1n) is 7.67. The normalized spacial score (nSPS) is 15.3. The average Bonchev–Trinajstić information content (AvgIpc) is 2.38. The predicted octanol–water partition coefficient (Wildman–Crippen LogP) is 5.44. The standard InChI is InChI=1S/C20H28O/c1-13(11-17(5)21)8-9-15(3)18(6)20-12-14(2)10-16(4)19(20)7/h8-12,15,18H,1-7H3/b9-8+,13-11+. The van der Waals surface area contributed by atoms with Crippen molar-refractivity contribution in [3.63, 3.8) is 0 Å². The molecule has 0 radical (unpaired) electrons. The lowest BCUT2D eigenvalue weighted by Crippen LogP contribution is -2.07. The minimum absolute atomic E-state index is 0.100. The van der Waals surface area contributed by atoms with Crippen LogP contribution in [0.4, 0.5) is 0 Å². The van der Waals surface area contributed by atoms with Crippen LogP contribution in [0.25, 0.3) is 0 Å². The summed E-state index contributed by atoms with van der Waals surface area (Å²) >= 11 is 0. The van der Waals surface area contributed by atoms with Gasteiger partial charge in [0.15, 0.2) is 5.78 Å². The number of allylic oxidation sites excluding steroid dienone is 4. The van der Waals surface area contributed by atoms with E-state index >= 15 is 0 Å². The SMILES string of the molecule is CC(=O)/C=C(C)/C=C/C(C)C(C)c1cc(C)cc(C)c1C. The van der Waals surface area contributed by atoms with Crippen molar-refractivity contribution in [3.05, 3.63) is 58.2 Å². The van der Waals surface area contributed by atoms with Gasteiger partial charge in [-0.2, -0.15) is 0 Å². The highest BCUT2D eigenvalue weighted by Gasteiger charge is 2.15. The first kappa shape index (κ1) is 17.4. The molecule has 1 aromatic rings. The lowest BCUT2D eigenvalue weighted by Gasteiger charge is -2.21. The van der Waals surface area contributed by atoms with Crippen LogP contribution in [0.5, 0.6) is 0 Å². The van der Waals surface area contributed by atoms with E-state index in [1.165, 1.54) is 22.3 Å². The third-order valence-corrected chi connectivity index (χ3v) is 4.22. The van der Waals surface area contributed by atoms with E-state index in [1.807, 2.05) is 6.92 Å². The van der Waals surface area contributed by atoms with Gasteiger partial charge in [0.1, 0.15) is 0 Å². The fourth-order valence-corrected chi connectivity index (χ4v) is 2.67. The van der Waals surface area contributed by atoms with Gasteiger partial charge in [0.2, 0.25) is 0 Å². The fraction of sp³-hybridized carbons (Fsp3) is 0.450. The molecule has 0 heterocycles. The second-order valence-electron chi connectivity index (χ2n) is 6.30. The molecule has 0 bridgehead atoms. The van der Waals surface area contributed by atoms with Crippen LogP contribution >= 0.6 is 0 Å². The lowest BCUT2D eigenvalue weighted by molar-refractivity contribution is -0.112. The Morgan fingerprint density at radius 1 is 1.10 bits per heavy atom. The Bertz CT molecular complexity index is 576. The van der Waals surface area contributed by atoms with Crippen molar-refractivity contribution in [1.82, 2.24) is 0 Å². The average molecular weight is 284 g/mol. The van der Waals surface area contributed by atoms with E-state index in [2.05, 4.69) is 58.9 Å². The molecule has 0 aliphatic rings. The van der Waals surface area contributed by atoms with Gasteiger partial charge in [-0.25, -0.2) is 0 Å². The van der Waals surface area contributed by atoms with Gasteiger partial charge in [-0.1, -0.05) is 43.7 Å². The van der Waals surface area contributed by atoms with Crippen LogP contribution in [0.15, 0.2) is 35.9 Å². The van der Waals surface area contributed by atoms with Crippen molar-refractivity contribution in [2.75, 3.05) is 0 Å². The van der Waals surface area contributed by atoms with Gasteiger partial charge in [-0.05, 0) is 74.8 Å². The third kappa shape index (κ3) is 5.00. The first-order chi connectivity index (χ1) is 9.72. The molecule has 0 saturated heterocycles. The minimum Gasteiger partial charge on any atom is -0.295 e. The van der Waals surface area contributed by atoms with Crippen molar-refractivity contribution in [1.29, 1.82) is 0 Å². The Kier molecular flexibility index (Phi) is 6.14. The summed E-state index contributed by atoms with van der Waals surface area (Å²) in [5.74, 6) is 0.994. The Balaban J connectivity index is 2.96. The van der Waals surface area contributed by atoms with Gasteiger partial charge in [-0.15, -0.1) is 0 Å². The molecule has 0 aliphatic heterocycles. The second kappa shape index (κ2) is 7.40. The number of aryl methyl sites for hydroxylation is 2. The number of carbonyl (C=O) groups is 1. The molecule has 1 heteroatoms. The topological polar surface area (TPSA) is 17.1 Å². The Morgan fingerprint density at radius 2 is 1.71 bits per heavy atom. The van der Waals surface area contributed by atoms with Crippen LogP contribution in [0.3, 0.4) is 0 Å². The molecule has 0 N–H and O–H groups in total. The number of benzene rings is 1. The van der Waals surface area contributed by atoms with E-state index in [4.69, 9.17) is 0 Å². The van der Waals surface area contributed by atoms with Crippen LogP contribution in [0, 0.1) is 26.7 Å². The molecule has 0 fully saturated rings. The van der Waals surface area contributed by atoms with Crippen LogP contribution in [-0.4, -0.2) is 5.78 Å². The van der Waals surface area contributed by atoms with Gasteiger partial charge in [-0.3, -0.25) is 4.79 Å². The zero-order valence-electron chi connectivity index (χ0n) is 14.4. The monoisotopic (exact) mass is 284 g/mol. The van der Waals surface area contributed by atoms with Crippen LogP contribution in [0.1, 0.15) is 55.9 Å². The summed E-state index contributed by atoms with van der Waals surface area (Å²) in [5.41, 5.74) is 6.52. The molecular formula is C20H28O. The Hall–Kier alpha value is -1.63. The predicted molar refractivity (Wildman–Crippen MR) is 91.8 cm³/mol. The van der Waals surface area contributed by atoms with Crippen LogP contribution < -0.4 is 0 Å². The molecule has 0 aromatic heterocycles. The molecular weight excluding hydrogens is 256 g/mol. The summed E-state index contributed by atoms with van der Waals surface area (Å²) in [6.45, 7) is 14.6. The number of rotatable bonds is 5. The highest BCUT2D eigenvalue weighted by Crippen LogP contribution is 2.30. The molecule has 0 saturated carbocycles. The minimum atomic E-state index is 0.100. The van der Waals surface area contributed by atoms with Crippen molar-refractivity contribution in [2.45, 2.75) is 54.4 Å². The summed E-state index contributed by atoms with van der Waals surface area (Å²) in [6.07, 6.45) is 5.94. The summed E-state index contributed by atoms with van der Waals surface area (Å²) < 4.78 is 0. The molecule has 0 amide bonds. The first-order valence-corrected chi connectivity index (χ1v) is 7.67. The zero-order valence-corrected chi connectivity index (χ0v) is 14.4. The van der Waals surface area contributed by atoms with E-state index in [9.17, 15) is 4.79 Å². The lowest BCUT2D eigenvalue weighted by atomic mass is 9.84. The van der Waals surface area contributed by atoms with Gasteiger partial charge in [0.25, 0.3) is 0 Å².